The summed E-state index contributed by atoms with van der Waals surface area (Å²) in [5.74, 6) is -7.46. The molecule has 0 bridgehead atoms. The first-order chi connectivity index (χ1) is 27.5. The van der Waals surface area contributed by atoms with Crippen molar-refractivity contribution in [1.82, 2.24) is 41.3 Å². The van der Waals surface area contributed by atoms with Crippen molar-refractivity contribution in [2.24, 2.45) is 10.8 Å². The van der Waals surface area contributed by atoms with E-state index in [1.54, 1.807) is 27.7 Å². The molecule has 2 unspecified atom stereocenters. The van der Waals surface area contributed by atoms with Gasteiger partial charge in [0.1, 0.15) is 0 Å². The number of hydrogen-bond acceptors (Lipinski definition) is 19. The van der Waals surface area contributed by atoms with Crippen molar-refractivity contribution in [2.75, 3.05) is 103 Å². The zero-order valence-electron chi connectivity index (χ0n) is 34.6. The van der Waals surface area contributed by atoms with E-state index < -0.39 is 90.6 Å². The summed E-state index contributed by atoms with van der Waals surface area (Å²) in [4.78, 5) is 110. The maximum absolute atomic E-state index is 12.9. The number of hydrogen-bond donors (Lipinski definition) is 6. The number of aliphatic hydroxyl groups is 1. The van der Waals surface area contributed by atoms with E-state index in [1.807, 2.05) is 6.92 Å². The number of carboxylic acid groups (broad SMARTS) is 4. The van der Waals surface area contributed by atoms with Crippen molar-refractivity contribution >= 4 is 75.0 Å². The third-order valence-electron chi connectivity index (χ3n) is 8.53. The first-order valence-corrected chi connectivity index (χ1v) is 21.2. The Morgan fingerprint density at radius 3 is 1.43 bits per heavy atom. The van der Waals surface area contributed by atoms with Gasteiger partial charge in [0.2, 0.25) is 29.5 Å². The number of amides is 5. The Balaban J connectivity index is 0. The van der Waals surface area contributed by atoms with Gasteiger partial charge in [-0.3, -0.25) is 38.7 Å². The maximum Gasteiger partial charge on any atom is 3.00 e. The SMILES string of the molecule is CCC(C)(CC(C)(C)C(=O)NCC(=O)NCC(=O)NCCSSCCNC(=O)CN(CCN(CCN(CC(=O)[O-])CC(=O)[O-])CC(=O)[O-])CC(=O)[O-])C(=O)NCC(C)O.[Gd+3]. The molecule has 0 aliphatic heterocycles. The minimum Gasteiger partial charge on any atom is -0.549 e. The Morgan fingerprint density at radius 1 is 0.583 bits per heavy atom. The van der Waals surface area contributed by atoms with Crippen LogP contribution < -0.4 is 47.0 Å². The number of aliphatic hydroxyl groups excluding tert-OH is 1. The van der Waals surface area contributed by atoms with Crippen molar-refractivity contribution in [3.8, 4) is 0 Å². The summed E-state index contributed by atoms with van der Waals surface area (Å²) in [6.45, 7) is 4.59. The molecule has 0 spiro atoms. The molecule has 0 saturated carbocycles. The van der Waals surface area contributed by atoms with E-state index in [9.17, 15) is 68.7 Å². The number of nitrogens with zero attached hydrogens (tertiary/aromatic N) is 3. The molecule has 0 rings (SSSR count). The Labute approximate surface area is 389 Å². The van der Waals surface area contributed by atoms with Crippen LogP contribution in [-0.4, -0.2) is 182 Å². The molecule has 5 amide bonds. The summed E-state index contributed by atoms with van der Waals surface area (Å²) in [5, 5.41) is 66.8. The molecule has 22 nitrogen and oxygen atoms in total. The summed E-state index contributed by atoms with van der Waals surface area (Å²) >= 11 is 0. The van der Waals surface area contributed by atoms with Crippen molar-refractivity contribution < 1.29 is 109 Å². The number of nitrogens with one attached hydrogen (secondary N) is 5. The van der Waals surface area contributed by atoms with E-state index in [0.29, 0.717) is 17.9 Å². The minimum atomic E-state index is -1.56. The third-order valence-corrected chi connectivity index (χ3v) is 10.9. The molecule has 0 aliphatic carbocycles. The van der Waals surface area contributed by atoms with Crippen LogP contribution in [0.25, 0.3) is 0 Å². The van der Waals surface area contributed by atoms with Gasteiger partial charge >= 0.3 is 39.9 Å². The maximum atomic E-state index is 12.9. The van der Waals surface area contributed by atoms with E-state index in [0.717, 1.165) is 4.90 Å². The molecule has 343 valence electrons. The molecule has 60 heavy (non-hydrogen) atoms. The van der Waals surface area contributed by atoms with Crippen molar-refractivity contribution in [3.05, 3.63) is 0 Å². The van der Waals surface area contributed by atoms with Crippen molar-refractivity contribution in [3.63, 3.8) is 0 Å². The van der Waals surface area contributed by atoms with Crippen LogP contribution in [0.1, 0.15) is 47.5 Å². The smallest absolute Gasteiger partial charge is 0.549 e. The van der Waals surface area contributed by atoms with Crippen LogP contribution in [0.15, 0.2) is 0 Å². The van der Waals surface area contributed by atoms with Crippen LogP contribution in [0, 0.1) is 50.8 Å². The first kappa shape index (κ1) is 59.2. The predicted molar refractivity (Wildman–Crippen MR) is 208 cm³/mol. The largest absolute Gasteiger partial charge is 3.00 e. The Kier molecular flexibility index (Phi) is 31.4. The van der Waals surface area contributed by atoms with E-state index in [-0.39, 0.29) is 118 Å². The second-order valence-corrected chi connectivity index (χ2v) is 17.2. The predicted octanol–water partition coefficient (Wildman–Crippen LogP) is -7.93. The molecular formula is C35H58GdN8O14S2-. The van der Waals surface area contributed by atoms with Crippen LogP contribution in [-0.2, 0) is 43.2 Å². The molecule has 1 radical (unpaired) electrons. The van der Waals surface area contributed by atoms with Gasteiger partial charge in [0.25, 0.3) is 0 Å². The molecule has 2 atom stereocenters. The normalized spacial score (nSPS) is 12.8. The van der Waals surface area contributed by atoms with Gasteiger partial charge in [0.15, 0.2) is 0 Å². The number of rotatable bonds is 34. The molecular weight excluding hydrogens is 978 g/mol. The summed E-state index contributed by atoms with van der Waals surface area (Å²) in [7, 11) is 2.78. The van der Waals surface area contributed by atoms with E-state index in [1.165, 1.54) is 31.4 Å². The Morgan fingerprint density at radius 2 is 0.983 bits per heavy atom. The summed E-state index contributed by atoms with van der Waals surface area (Å²) < 4.78 is 0. The van der Waals surface area contributed by atoms with Gasteiger partial charge in [-0.25, -0.2) is 0 Å². The van der Waals surface area contributed by atoms with Gasteiger partial charge < -0.3 is 71.3 Å². The number of carbonyl (C=O) groups excluding carboxylic acids is 9. The number of carboxylic acids is 4. The second-order valence-electron chi connectivity index (χ2n) is 14.5. The minimum absolute atomic E-state index is 0. The average Bonchev–Trinajstić information content (AvgIpc) is 3.12. The molecule has 0 aliphatic rings. The van der Waals surface area contributed by atoms with Crippen LogP contribution in [0.4, 0.5) is 0 Å². The van der Waals surface area contributed by atoms with Gasteiger partial charge in [0, 0.05) is 94.3 Å². The molecule has 0 saturated heterocycles. The molecule has 0 aromatic carbocycles. The van der Waals surface area contributed by atoms with E-state index in [4.69, 9.17) is 0 Å². The fourth-order valence-corrected chi connectivity index (χ4v) is 7.23. The number of aliphatic carboxylic acids is 4. The van der Waals surface area contributed by atoms with Crippen LogP contribution in [0.2, 0.25) is 0 Å². The van der Waals surface area contributed by atoms with Gasteiger partial charge in [-0.15, -0.1) is 0 Å². The topological polar surface area (TPSA) is 336 Å². The van der Waals surface area contributed by atoms with Gasteiger partial charge in [0.05, 0.1) is 49.6 Å². The summed E-state index contributed by atoms with van der Waals surface area (Å²) in [6.07, 6.45) is -0.0919. The number of carbonyl (C=O) groups is 9. The summed E-state index contributed by atoms with van der Waals surface area (Å²) in [5.41, 5.74) is -1.90. The van der Waals surface area contributed by atoms with E-state index in [2.05, 4.69) is 26.6 Å². The Hall–Kier alpha value is -2.91. The summed E-state index contributed by atoms with van der Waals surface area (Å²) in [6, 6.07) is 0. The van der Waals surface area contributed by atoms with Crippen molar-refractivity contribution in [1.29, 1.82) is 0 Å². The van der Waals surface area contributed by atoms with E-state index >= 15 is 0 Å². The third kappa shape index (κ3) is 29.4. The van der Waals surface area contributed by atoms with Gasteiger partial charge in [-0.05, 0) is 19.8 Å². The molecule has 0 fully saturated rings. The van der Waals surface area contributed by atoms with Gasteiger partial charge in [-0.1, -0.05) is 49.3 Å². The monoisotopic (exact) mass is 1040 g/mol. The van der Waals surface area contributed by atoms with Crippen LogP contribution in [0.3, 0.4) is 0 Å². The van der Waals surface area contributed by atoms with Gasteiger partial charge in [-0.2, -0.15) is 0 Å². The standard InChI is InChI=1S/C35H62N8O14S2.Gd/c1-6-35(5,33(57)39-15-24(2)44)23-34(3,4)32(56)40-17-26(46)38-16-25(45)36-7-13-58-59-14-8-37-27(47)18-42(20-29(50)51)11-9-41(19-28(48)49)10-12-43(21-30(52)53)22-31(54)55;/h24,44H,6-23H2,1-5H3,(H,36,45)(H,37,47)(H,38,46)(H,39,57)(H,40,56)(H,48,49)(H,50,51)(H,52,53)(H,54,55);/q;+3/p-4. The fraction of sp³-hybridized carbons (Fsp3) is 0.743. The molecule has 6 N–H and O–H groups in total. The van der Waals surface area contributed by atoms with Crippen LogP contribution in [0.5, 0.6) is 0 Å². The molecule has 0 aromatic rings. The molecule has 25 heteroatoms. The first-order valence-electron chi connectivity index (χ1n) is 18.7. The molecule has 0 heterocycles. The zero-order valence-corrected chi connectivity index (χ0v) is 38.5. The molecule has 0 aromatic heterocycles. The second kappa shape index (κ2) is 31.9. The zero-order chi connectivity index (χ0) is 45.2. The quantitative estimate of drug-likeness (QED) is 0.0258. The van der Waals surface area contributed by atoms with Crippen LogP contribution >= 0.6 is 21.6 Å². The average molecular weight is 1040 g/mol. The Bertz CT molecular complexity index is 1420. The van der Waals surface area contributed by atoms with Crippen molar-refractivity contribution in [2.45, 2.75) is 53.6 Å². The fourth-order valence-electron chi connectivity index (χ4n) is 5.41.